The number of benzene rings is 1. The maximum absolute atomic E-state index is 13.1. The third-order valence-electron chi connectivity index (χ3n) is 5.12. The second-order valence-corrected chi connectivity index (χ2v) is 8.50. The molecule has 2 aromatic heterocycles. The van der Waals surface area contributed by atoms with Crippen molar-refractivity contribution in [3.63, 3.8) is 0 Å². The van der Waals surface area contributed by atoms with Crippen LogP contribution in [0.5, 0.6) is 0 Å². The summed E-state index contributed by atoms with van der Waals surface area (Å²) in [7, 11) is 0. The van der Waals surface area contributed by atoms with Crippen molar-refractivity contribution in [3.05, 3.63) is 35.6 Å². The van der Waals surface area contributed by atoms with Crippen LogP contribution >= 0.6 is 11.8 Å². The van der Waals surface area contributed by atoms with Gasteiger partial charge in [0.05, 0.1) is 6.61 Å². The predicted octanol–water partition coefficient (Wildman–Crippen LogP) is 1.13. The third-order valence-corrected chi connectivity index (χ3v) is 6.17. The van der Waals surface area contributed by atoms with Gasteiger partial charge in [0, 0.05) is 12.3 Å². The molecule has 1 saturated heterocycles. The van der Waals surface area contributed by atoms with E-state index in [9.17, 15) is 19.7 Å². The number of halogens is 1. The van der Waals surface area contributed by atoms with Gasteiger partial charge in [0.25, 0.3) is 0 Å². The van der Waals surface area contributed by atoms with Gasteiger partial charge < -0.3 is 25.4 Å². The van der Waals surface area contributed by atoms with E-state index >= 15 is 0 Å². The van der Waals surface area contributed by atoms with E-state index in [1.54, 1.807) is 12.1 Å². The van der Waals surface area contributed by atoms with Gasteiger partial charge in [-0.1, -0.05) is 36.0 Å². The zero-order chi connectivity index (χ0) is 22.7. The molecule has 0 aliphatic carbocycles. The van der Waals surface area contributed by atoms with Gasteiger partial charge in [-0.25, -0.2) is 14.4 Å². The molecule has 4 rings (SSSR count). The van der Waals surface area contributed by atoms with Crippen molar-refractivity contribution >= 4 is 28.7 Å². The van der Waals surface area contributed by atoms with E-state index in [1.807, 2.05) is 0 Å². The lowest BCUT2D eigenvalue weighted by atomic mass is 10.1. The Kier molecular flexibility index (Phi) is 7.16. The highest BCUT2D eigenvalue weighted by Gasteiger charge is 2.44. The molecule has 3 heterocycles. The highest BCUT2D eigenvalue weighted by molar-refractivity contribution is 7.99. The number of aliphatic hydroxyl groups is 3. The maximum atomic E-state index is 13.1. The van der Waals surface area contributed by atoms with Crippen LogP contribution in [0.2, 0.25) is 0 Å². The van der Waals surface area contributed by atoms with Crippen molar-refractivity contribution in [2.24, 2.45) is 0 Å². The Bertz CT molecular complexity index is 1050. The molecule has 1 aliphatic rings. The molecule has 0 bridgehead atoms. The van der Waals surface area contributed by atoms with Gasteiger partial charge in [0.1, 0.15) is 24.1 Å². The van der Waals surface area contributed by atoms with Crippen LogP contribution < -0.4 is 5.32 Å². The van der Waals surface area contributed by atoms with Crippen molar-refractivity contribution in [1.82, 2.24) is 25.0 Å². The topological polar surface area (TPSA) is 138 Å². The van der Waals surface area contributed by atoms with Crippen LogP contribution in [0.3, 0.4) is 0 Å². The first-order valence-electron chi connectivity index (χ1n) is 10.4. The number of fused-ring (bicyclic) bond motifs is 1. The quantitative estimate of drug-likeness (QED) is 0.269. The Balaban J connectivity index is 1.61. The summed E-state index contributed by atoms with van der Waals surface area (Å²) in [5.41, 5.74) is 1.71. The monoisotopic (exact) mass is 464 g/mol. The van der Waals surface area contributed by atoms with Gasteiger partial charge in [0.15, 0.2) is 28.4 Å². The number of hydrogen-bond acceptors (Lipinski definition) is 10. The first-order valence-corrected chi connectivity index (χ1v) is 11.4. The average Bonchev–Trinajstić information content (AvgIpc) is 3.34. The summed E-state index contributed by atoms with van der Waals surface area (Å²) in [6, 6.07) is 6.30. The number of rotatable bonds is 9. The van der Waals surface area contributed by atoms with E-state index in [2.05, 4.69) is 32.5 Å². The average molecular weight is 465 g/mol. The second-order valence-electron chi connectivity index (χ2n) is 7.44. The number of thioether (sulfide) groups is 1. The van der Waals surface area contributed by atoms with Gasteiger partial charge in [-0.2, -0.15) is 4.68 Å². The fourth-order valence-electron chi connectivity index (χ4n) is 3.42. The summed E-state index contributed by atoms with van der Waals surface area (Å²) in [6.45, 7) is 2.14. The summed E-state index contributed by atoms with van der Waals surface area (Å²) in [4.78, 5) is 9.10. The molecule has 4 N–H and O–H groups in total. The zero-order valence-corrected chi connectivity index (χ0v) is 18.2. The first-order chi connectivity index (χ1) is 15.5. The number of aromatic nitrogens is 5. The number of anilines is 1. The van der Waals surface area contributed by atoms with E-state index in [4.69, 9.17) is 4.74 Å². The Morgan fingerprint density at radius 1 is 1.19 bits per heavy atom. The largest absolute Gasteiger partial charge is 0.394 e. The van der Waals surface area contributed by atoms with Crippen molar-refractivity contribution < 1.29 is 24.4 Å². The van der Waals surface area contributed by atoms with Crippen LogP contribution in [0.25, 0.3) is 11.2 Å². The normalized spacial score (nSPS) is 23.2. The van der Waals surface area contributed by atoms with E-state index in [-0.39, 0.29) is 5.82 Å². The molecular weight excluding hydrogens is 439 g/mol. The van der Waals surface area contributed by atoms with Gasteiger partial charge in [0.2, 0.25) is 0 Å². The lowest BCUT2D eigenvalue weighted by Crippen LogP contribution is -2.33. The highest BCUT2D eigenvalue weighted by Crippen LogP contribution is 2.32. The number of nitrogens with zero attached hydrogens (tertiary/aromatic N) is 5. The second kappa shape index (κ2) is 10.0. The van der Waals surface area contributed by atoms with E-state index in [1.165, 1.54) is 28.6 Å². The summed E-state index contributed by atoms with van der Waals surface area (Å²) in [6.07, 6.45) is -2.95. The Morgan fingerprint density at radius 2 is 1.97 bits per heavy atom. The Hall–Kier alpha value is -2.38. The molecule has 0 spiro atoms. The van der Waals surface area contributed by atoms with E-state index in [0.717, 1.165) is 17.7 Å². The molecule has 1 aliphatic heterocycles. The molecule has 0 unspecified atom stereocenters. The standard InChI is InChI=1S/C20H25FN6O4S/c1-2-9-32-20-23-17(22-8-7-11-3-5-12(21)6-4-11)14-18(24-20)27(26-25-14)19-16(30)15(29)13(10-28)31-19/h3-6,13,15-16,19,28-30H,2,7-10H2,1H3,(H,22,23,24)/t13-,15-,16-,19-/m1/s1. The minimum atomic E-state index is -1.30. The molecule has 1 aromatic carbocycles. The summed E-state index contributed by atoms with van der Waals surface area (Å²) in [5, 5.41) is 41.9. The lowest BCUT2D eigenvalue weighted by molar-refractivity contribution is -0.0575. The van der Waals surface area contributed by atoms with Crippen LogP contribution in [0.15, 0.2) is 29.4 Å². The molecule has 0 amide bonds. The molecule has 4 atom stereocenters. The van der Waals surface area contributed by atoms with Gasteiger partial charge in [-0.3, -0.25) is 0 Å². The van der Waals surface area contributed by atoms with Crippen LogP contribution in [0.4, 0.5) is 10.2 Å². The molecular formula is C20H25FN6O4S. The minimum absolute atomic E-state index is 0.279. The molecule has 1 fully saturated rings. The molecule has 32 heavy (non-hydrogen) atoms. The smallest absolute Gasteiger partial charge is 0.191 e. The first kappa shape index (κ1) is 22.8. The molecule has 10 nitrogen and oxygen atoms in total. The fraction of sp³-hybridized carbons (Fsp3) is 0.500. The van der Waals surface area contributed by atoms with Crippen LogP contribution in [-0.4, -0.2) is 77.5 Å². The molecule has 12 heteroatoms. The Morgan fingerprint density at radius 3 is 2.66 bits per heavy atom. The number of aliphatic hydroxyl groups excluding tert-OH is 3. The number of hydrogen-bond donors (Lipinski definition) is 4. The van der Waals surface area contributed by atoms with Gasteiger partial charge in [-0.05, 0) is 30.5 Å². The molecule has 3 aromatic rings. The van der Waals surface area contributed by atoms with Crippen molar-refractivity contribution in [1.29, 1.82) is 0 Å². The van der Waals surface area contributed by atoms with E-state index in [0.29, 0.717) is 35.1 Å². The van der Waals surface area contributed by atoms with Gasteiger partial charge >= 0.3 is 0 Å². The summed E-state index contributed by atoms with van der Waals surface area (Å²) >= 11 is 1.48. The maximum Gasteiger partial charge on any atom is 0.191 e. The highest BCUT2D eigenvalue weighted by atomic mass is 32.2. The Labute approximate surface area is 187 Å². The van der Waals surface area contributed by atoms with Crippen LogP contribution in [0.1, 0.15) is 25.1 Å². The van der Waals surface area contributed by atoms with Crippen LogP contribution in [0, 0.1) is 5.82 Å². The molecule has 0 radical (unpaired) electrons. The molecule has 0 saturated carbocycles. The van der Waals surface area contributed by atoms with Crippen LogP contribution in [-0.2, 0) is 11.2 Å². The van der Waals surface area contributed by atoms with Crippen molar-refractivity contribution in [2.75, 3.05) is 24.2 Å². The minimum Gasteiger partial charge on any atom is -0.394 e. The fourth-order valence-corrected chi connectivity index (χ4v) is 4.11. The SMILES string of the molecule is CCCSc1nc(NCCc2ccc(F)cc2)c2nnn([C@@H]3O[C@H](CO)[C@@H](O)[C@H]3O)c2n1. The summed E-state index contributed by atoms with van der Waals surface area (Å²) in [5.74, 6) is 1.02. The lowest BCUT2D eigenvalue weighted by Gasteiger charge is -2.15. The zero-order valence-electron chi connectivity index (χ0n) is 17.4. The predicted molar refractivity (Wildman–Crippen MR) is 116 cm³/mol. The third kappa shape index (κ3) is 4.69. The number of ether oxygens (including phenoxy) is 1. The molecule has 172 valence electrons. The van der Waals surface area contributed by atoms with Crippen molar-refractivity contribution in [3.8, 4) is 0 Å². The van der Waals surface area contributed by atoms with E-state index < -0.39 is 31.1 Å². The van der Waals surface area contributed by atoms with Gasteiger partial charge in [-0.15, -0.1) is 5.10 Å². The van der Waals surface area contributed by atoms with Crippen molar-refractivity contribution in [2.45, 2.75) is 49.5 Å². The number of nitrogens with one attached hydrogen (secondary N) is 1. The summed E-state index contributed by atoms with van der Waals surface area (Å²) < 4.78 is 20.0.